The number of hydrogen-bond donors (Lipinski definition) is 2. The van der Waals surface area contributed by atoms with Crippen molar-refractivity contribution < 1.29 is 4.79 Å². The van der Waals surface area contributed by atoms with Crippen molar-refractivity contribution in [2.45, 2.75) is 39.0 Å². The summed E-state index contributed by atoms with van der Waals surface area (Å²) in [6.07, 6.45) is 6.46. The number of nitrogens with two attached hydrogens (primary N) is 1. The Labute approximate surface area is 113 Å². The van der Waals surface area contributed by atoms with Crippen molar-refractivity contribution in [3.63, 3.8) is 0 Å². The van der Waals surface area contributed by atoms with E-state index >= 15 is 0 Å². The average molecular weight is 259 g/mol. The van der Waals surface area contributed by atoms with E-state index in [4.69, 9.17) is 5.73 Å². The van der Waals surface area contributed by atoms with Gasteiger partial charge in [-0.3, -0.25) is 4.79 Å². The van der Waals surface area contributed by atoms with E-state index in [1.165, 1.54) is 32.1 Å². The first kappa shape index (κ1) is 11.5. The molecule has 3 N–H and O–H groups in total. The van der Waals surface area contributed by atoms with E-state index in [1.54, 1.807) is 0 Å². The number of hydrogen-bond acceptors (Lipinski definition) is 3. The van der Waals surface area contributed by atoms with Crippen LogP contribution in [0.4, 0.5) is 5.82 Å². The van der Waals surface area contributed by atoms with Crippen LogP contribution >= 0.6 is 0 Å². The highest BCUT2D eigenvalue weighted by atomic mass is 16.1. The van der Waals surface area contributed by atoms with Crippen LogP contribution in [0.3, 0.4) is 0 Å². The number of aromatic amines is 1. The van der Waals surface area contributed by atoms with Crippen LogP contribution in [0.1, 0.15) is 48.4 Å². The molecule has 0 atom stereocenters. The Kier molecular flexibility index (Phi) is 2.32. The molecule has 1 aromatic rings. The Balaban J connectivity index is 1.65. The van der Waals surface area contributed by atoms with E-state index in [1.807, 2.05) is 6.92 Å². The molecule has 4 saturated carbocycles. The van der Waals surface area contributed by atoms with Gasteiger partial charge in [0.15, 0.2) is 11.6 Å². The maximum Gasteiger partial charge on any atom is 0.186 e. The summed E-state index contributed by atoms with van der Waals surface area (Å²) in [6.45, 7) is 1.85. The van der Waals surface area contributed by atoms with E-state index in [0.29, 0.717) is 23.3 Å². The second-order valence-corrected chi connectivity index (χ2v) is 6.90. The lowest BCUT2D eigenvalue weighted by molar-refractivity contribution is -0.0252. The van der Waals surface area contributed by atoms with E-state index in [0.717, 1.165) is 17.7 Å². The molecule has 19 heavy (non-hydrogen) atoms. The minimum atomic E-state index is 0.204. The summed E-state index contributed by atoms with van der Waals surface area (Å²) in [5.41, 5.74) is 6.44. The molecule has 5 rings (SSSR count). The van der Waals surface area contributed by atoms with E-state index in [-0.39, 0.29) is 11.7 Å². The Morgan fingerprint density at radius 1 is 1.16 bits per heavy atom. The first-order valence-corrected chi connectivity index (χ1v) is 7.48. The molecule has 0 spiro atoms. The number of nitrogens with zero attached hydrogens (tertiary/aromatic N) is 1. The van der Waals surface area contributed by atoms with Crippen molar-refractivity contribution in [1.29, 1.82) is 0 Å². The average Bonchev–Trinajstić information content (AvgIpc) is 2.66. The fourth-order valence-electron chi connectivity index (χ4n) is 5.22. The molecule has 0 aromatic carbocycles. The molecule has 0 radical (unpaired) electrons. The largest absolute Gasteiger partial charge is 0.382 e. The van der Waals surface area contributed by atoms with Crippen molar-refractivity contribution >= 4 is 11.6 Å². The van der Waals surface area contributed by atoms with Crippen molar-refractivity contribution in [2.75, 3.05) is 5.73 Å². The third kappa shape index (κ3) is 1.65. The second-order valence-electron chi connectivity index (χ2n) is 6.90. The van der Waals surface area contributed by atoms with Gasteiger partial charge >= 0.3 is 0 Å². The third-order valence-electron chi connectivity index (χ3n) is 5.63. The van der Waals surface area contributed by atoms with Gasteiger partial charge < -0.3 is 10.7 Å². The fourth-order valence-corrected chi connectivity index (χ4v) is 5.22. The SMILES string of the molecule is Cc1nc(N)c(C(=O)C2C3CC4CC(C3)CC2C4)[nH]1. The molecule has 4 aliphatic rings. The van der Waals surface area contributed by atoms with Crippen LogP contribution in [-0.4, -0.2) is 15.8 Å². The van der Waals surface area contributed by atoms with Crippen LogP contribution in [-0.2, 0) is 0 Å². The predicted molar refractivity (Wildman–Crippen MR) is 72.6 cm³/mol. The van der Waals surface area contributed by atoms with E-state index in [2.05, 4.69) is 9.97 Å². The van der Waals surface area contributed by atoms with Crippen LogP contribution < -0.4 is 5.73 Å². The van der Waals surface area contributed by atoms with Gasteiger partial charge in [-0.1, -0.05) is 0 Å². The lowest BCUT2D eigenvalue weighted by atomic mass is 9.51. The molecule has 0 aliphatic heterocycles. The number of carbonyl (C=O) groups is 1. The van der Waals surface area contributed by atoms with Crippen molar-refractivity contribution in [1.82, 2.24) is 9.97 Å². The highest BCUT2D eigenvalue weighted by Gasteiger charge is 2.51. The zero-order valence-corrected chi connectivity index (χ0v) is 11.4. The number of Topliss-reactive ketones (excluding diaryl/α,β-unsaturated/α-hetero) is 1. The fraction of sp³-hybridized carbons (Fsp3) is 0.733. The molecule has 0 amide bonds. The van der Waals surface area contributed by atoms with Gasteiger partial charge in [0.25, 0.3) is 0 Å². The van der Waals surface area contributed by atoms with Gasteiger partial charge in [0.2, 0.25) is 0 Å². The maximum atomic E-state index is 12.8. The number of carbonyl (C=O) groups excluding carboxylic acids is 1. The third-order valence-corrected chi connectivity index (χ3v) is 5.63. The lowest BCUT2D eigenvalue weighted by Crippen LogP contribution is -2.48. The Morgan fingerprint density at radius 3 is 2.21 bits per heavy atom. The van der Waals surface area contributed by atoms with Crippen molar-refractivity contribution in [3.8, 4) is 0 Å². The highest BCUT2D eigenvalue weighted by molar-refractivity contribution is 6.00. The first-order chi connectivity index (χ1) is 9.11. The summed E-state index contributed by atoms with van der Waals surface area (Å²) in [6, 6.07) is 0. The molecule has 1 aromatic heterocycles. The maximum absolute atomic E-state index is 12.8. The summed E-state index contributed by atoms with van der Waals surface area (Å²) in [5, 5.41) is 0. The van der Waals surface area contributed by atoms with Crippen LogP contribution in [0.2, 0.25) is 0 Å². The zero-order valence-electron chi connectivity index (χ0n) is 11.4. The first-order valence-electron chi connectivity index (χ1n) is 7.48. The van der Waals surface area contributed by atoms with Gasteiger partial charge in [-0.05, 0) is 62.7 Å². The number of imidazole rings is 1. The Bertz CT molecular complexity index is 505. The molecule has 4 nitrogen and oxygen atoms in total. The van der Waals surface area contributed by atoms with Gasteiger partial charge in [0, 0.05) is 5.92 Å². The number of nitrogen functional groups attached to an aromatic ring is 1. The lowest BCUT2D eigenvalue weighted by Gasteiger charge is -2.53. The number of ketones is 1. The summed E-state index contributed by atoms with van der Waals surface area (Å²) in [7, 11) is 0. The second kappa shape index (κ2) is 3.84. The molecule has 4 fully saturated rings. The van der Waals surface area contributed by atoms with Crippen LogP contribution in [0, 0.1) is 36.5 Å². The quantitative estimate of drug-likeness (QED) is 0.802. The van der Waals surface area contributed by atoms with E-state index < -0.39 is 0 Å². The summed E-state index contributed by atoms with van der Waals surface area (Å²) in [4.78, 5) is 20.0. The van der Waals surface area contributed by atoms with Crippen LogP contribution in [0.25, 0.3) is 0 Å². The summed E-state index contributed by atoms with van der Waals surface area (Å²) < 4.78 is 0. The Morgan fingerprint density at radius 2 is 1.74 bits per heavy atom. The molecule has 0 unspecified atom stereocenters. The predicted octanol–water partition coefficient (Wildman–Crippen LogP) is 2.56. The van der Waals surface area contributed by atoms with Crippen molar-refractivity contribution in [3.05, 3.63) is 11.5 Å². The van der Waals surface area contributed by atoms with Gasteiger partial charge in [-0.25, -0.2) is 4.98 Å². The molecule has 0 saturated heterocycles. The van der Waals surface area contributed by atoms with Gasteiger partial charge in [-0.2, -0.15) is 0 Å². The molecule has 4 aliphatic carbocycles. The number of aryl methyl sites for hydroxylation is 1. The van der Waals surface area contributed by atoms with Crippen LogP contribution in [0.5, 0.6) is 0 Å². The minimum absolute atomic E-state index is 0.204. The molecule has 1 heterocycles. The monoisotopic (exact) mass is 259 g/mol. The minimum Gasteiger partial charge on any atom is -0.382 e. The summed E-state index contributed by atoms with van der Waals surface area (Å²) in [5.74, 6) is 4.56. The highest BCUT2D eigenvalue weighted by Crippen LogP contribution is 2.57. The number of anilines is 1. The summed E-state index contributed by atoms with van der Waals surface area (Å²) >= 11 is 0. The molecule has 4 bridgehead atoms. The topological polar surface area (TPSA) is 71.8 Å². The number of nitrogens with one attached hydrogen (secondary N) is 1. The van der Waals surface area contributed by atoms with Crippen molar-refractivity contribution in [2.24, 2.45) is 29.6 Å². The smallest absolute Gasteiger partial charge is 0.186 e. The van der Waals surface area contributed by atoms with Crippen LogP contribution in [0.15, 0.2) is 0 Å². The molecule has 102 valence electrons. The number of aromatic nitrogens is 2. The van der Waals surface area contributed by atoms with Gasteiger partial charge in [0.1, 0.15) is 11.5 Å². The normalized spacial score (nSPS) is 39.7. The molecular formula is C15H21N3O. The number of H-pyrrole nitrogens is 1. The standard InChI is InChI=1S/C15H21N3O/c1-7-17-13(15(16)18-7)14(19)12-10-3-8-2-9(5-10)6-11(12)4-8/h8-12H,2-6,16H2,1H3,(H,17,18). The van der Waals surface area contributed by atoms with Gasteiger partial charge in [-0.15, -0.1) is 0 Å². The Hall–Kier alpha value is -1.32. The van der Waals surface area contributed by atoms with E-state index in [9.17, 15) is 4.79 Å². The molecular weight excluding hydrogens is 238 g/mol. The van der Waals surface area contributed by atoms with Gasteiger partial charge in [0.05, 0.1) is 0 Å². The zero-order chi connectivity index (χ0) is 13.1. The molecule has 4 heteroatoms. The number of rotatable bonds is 2.